The van der Waals surface area contributed by atoms with Crippen LogP contribution < -0.4 is 5.32 Å². The molecule has 0 aromatic heterocycles. The Balaban J connectivity index is 2.83. The van der Waals surface area contributed by atoms with E-state index in [1.807, 2.05) is 32.0 Å². The minimum Gasteiger partial charge on any atom is -0.305 e. The summed E-state index contributed by atoms with van der Waals surface area (Å²) in [6, 6.07) is 10.1. The van der Waals surface area contributed by atoms with Crippen molar-refractivity contribution in [1.82, 2.24) is 5.32 Å². The van der Waals surface area contributed by atoms with E-state index in [0.717, 1.165) is 31.2 Å². The zero-order valence-corrected chi connectivity index (χ0v) is 17.3. The fraction of sp³-hybridized carbons (Fsp3) is 0.652. The Morgan fingerprint density at radius 2 is 1.65 bits per heavy atom. The molecule has 3 nitrogen and oxygen atoms in total. The summed E-state index contributed by atoms with van der Waals surface area (Å²) in [4.78, 5) is 25.6. The van der Waals surface area contributed by atoms with Gasteiger partial charge in [0, 0.05) is 24.3 Å². The molecule has 0 saturated carbocycles. The van der Waals surface area contributed by atoms with Gasteiger partial charge in [-0.1, -0.05) is 84.2 Å². The lowest BCUT2D eigenvalue weighted by Gasteiger charge is -2.24. The minimum absolute atomic E-state index is 0.0138. The van der Waals surface area contributed by atoms with Crippen molar-refractivity contribution < 1.29 is 9.59 Å². The molecular weight excluding hydrogens is 322 g/mol. The predicted molar refractivity (Wildman–Crippen MR) is 109 cm³/mol. The van der Waals surface area contributed by atoms with Crippen molar-refractivity contribution in [3.63, 3.8) is 0 Å². The van der Waals surface area contributed by atoms with Crippen molar-refractivity contribution in [2.24, 2.45) is 11.8 Å². The maximum atomic E-state index is 13.0. The molecule has 0 unspecified atom stereocenters. The van der Waals surface area contributed by atoms with Gasteiger partial charge < -0.3 is 5.32 Å². The third-order valence-corrected chi connectivity index (χ3v) is 4.78. The molecule has 0 heterocycles. The molecule has 0 aliphatic carbocycles. The largest absolute Gasteiger partial charge is 0.305 e. The number of hydrogen-bond acceptors (Lipinski definition) is 3. The van der Waals surface area contributed by atoms with Crippen molar-refractivity contribution in [2.45, 2.75) is 85.2 Å². The highest BCUT2D eigenvalue weighted by Gasteiger charge is 2.27. The molecule has 0 spiro atoms. The van der Waals surface area contributed by atoms with Crippen molar-refractivity contribution in [3.05, 3.63) is 35.9 Å². The summed E-state index contributed by atoms with van der Waals surface area (Å²) in [6.07, 6.45) is 5.13. The first-order valence-electron chi connectivity index (χ1n) is 10.2. The Labute approximate surface area is 160 Å². The first-order valence-corrected chi connectivity index (χ1v) is 10.2. The van der Waals surface area contributed by atoms with E-state index in [1.165, 1.54) is 0 Å². The van der Waals surface area contributed by atoms with Crippen LogP contribution >= 0.6 is 0 Å². The van der Waals surface area contributed by atoms with Gasteiger partial charge in [0.05, 0.1) is 6.04 Å². The second-order valence-electron chi connectivity index (χ2n) is 7.98. The monoisotopic (exact) mass is 359 g/mol. The Kier molecular flexibility index (Phi) is 10.4. The molecular formula is C23H37NO2. The molecule has 0 bridgehead atoms. The summed E-state index contributed by atoms with van der Waals surface area (Å²) in [6.45, 7) is 10.2. The SMILES string of the molecule is CCCCC[C@H](CC(=O)[C@H](Cc1ccccc1)NC(C)C)C(=O)C(C)C. The van der Waals surface area contributed by atoms with E-state index in [2.05, 4.69) is 38.2 Å². The van der Waals surface area contributed by atoms with Crippen LogP contribution in [0.15, 0.2) is 30.3 Å². The number of carbonyl (C=O) groups excluding carboxylic acids is 2. The number of ketones is 2. The fourth-order valence-electron chi connectivity index (χ4n) is 3.36. The Morgan fingerprint density at radius 3 is 2.19 bits per heavy atom. The Morgan fingerprint density at radius 1 is 1.00 bits per heavy atom. The second kappa shape index (κ2) is 12.0. The van der Waals surface area contributed by atoms with Gasteiger partial charge in [0.15, 0.2) is 5.78 Å². The third-order valence-electron chi connectivity index (χ3n) is 4.78. The zero-order chi connectivity index (χ0) is 19.5. The molecule has 0 saturated heterocycles. The maximum absolute atomic E-state index is 13.0. The number of benzene rings is 1. The van der Waals surface area contributed by atoms with E-state index in [0.29, 0.717) is 12.8 Å². The van der Waals surface area contributed by atoms with E-state index in [4.69, 9.17) is 0 Å². The summed E-state index contributed by atoms with van der Waals surface area (Å²) in [7, 11) is 0. The maximum Gasteiger partial charge on any atom is 0.150 e. The molecule has 0 fully saturated rings. The first kappa shape index (κ1) is 22.6. The predicted octanol–water partition coefficient (Wildman–Crippen LogP) is 4.98. The highest BCUT2D eigenvalue weighted by Crippen LogP contribution is 2.21. The lowest BCUT2D eigenvalue weighted by atomic mass is 9.84. The number of carbonyl (C=O) groups is 2. The summed E-state index contributed by atoms with van der Waals surface area (Å²) in [5.74, 6) is 0.247. The molecule has 1 aromatic rings. The van der Waals surface area contributed by atoms with Gasteiger partial charge in [-0.2, -0.15) is 0 Å². The average Bonchev–Trinajstić information content (AvgIpc) is 2.60. The number of rotatable bonds is 13. The van der Waals surface area contributed by atoms with E-state index < -0.39 is 0 Å². The molecule has 0 aliphatic heterocycles. The minimum atomic E-state index is -0.231. The quantitative estimate of drug-likeness (QED) is 0.505. The molecule has 1 rings (SSSR count). The van der Waals surface area contributed by atoms with E-state index in [1.54, 1.807) is 0 Å². The molecule has 0 aliphatic rings. The van der Waals surface area contributed by atoms with Gasteiger partial charge in [0.1, 0.15) is 5.78 Å². The zero-order valence-electron chi connectivity index (χ0n) is 17.3. The average molecular weight is 360 g/mol. The standard InChI is InChI=1S/C23H37NO2/c1-6-7-9-14-20(23(26)17(2)3)16-22(25)21(24-18(4)5)15-19-12-10-8-11-13-19/h8,10-13,17-18,20-21,24H,6-7,9,14-16H2,1-5H3/t20-,21+/m1/s1. The topological polar surface area (TPSA) is 46.2 Å². The Hall–Kier alpha value is -1.48. The van der Waals surface area contributed by atoms with Gasteiger partial charge in [-0.15, -0.1) is 0 Å². The van der Waals surface area contributed by atoms with Crippen molar-refractivity contribution in [1.29, 1.82) is 0 Å². The molecule has 1 aromatic carbocycles. The van der Waals surface area contributed by atoms with E-state index in [9.17, 15) is 9.59 Å². The molecule has 3 heteroatoms. The van der Waals surface area contributed by atoms with Gasteiger partial charge in [-0.25, -0.2) is 0 Å². The molecule has 1 N–H and O–H groups in total. The highest BCUT2D eigenvalue weighted by molar-refractivity contribution is 5.91. The number of nitrogens with one attached hydrogen (secondary N) is 1. The summed E-state index contributed by atoms with van der Waals surface area (Å²) in [5.41, 5.74) is 1.15. The van der Waals surface area contributed by atoms with Crippen LogP contribution in [0.5, 0.6) is 0 Å². The highest BCUT2D eigenvalue weighted by atomic mass is 16.1. The lowest BCUT2D eigenvalue weighted by Crippen LogP contribution is -2.43. The first-order chi connectivity index (χ1) is 12.3. The molecule has 2 atom stereocenters. The number of hydrogen-bond donors (Lipinski definition) is 1. The van der Waals surface area contributed by atoms with Gasteiger partial charge in [-0.05, 0) is 18.4 Å². The summed E-state index contributed by atoms with van der Waals surface area (Å²) >= 11 is 0. The van der Waals surface area contributed by atoms with E-state index in [-0.39, 0.29) is 35.5 Å². The van der Waals surface area contributed by atoms with Crippen molar-refractivity contribution in [3.8, 4) is 0 Å². The van der Waals surface area contributed by atoms with Crippen LogP contribution in [0, 0.1) is 11.8 Å². The van der Waals surface area contributed by atoms with Crippen LogP contribution in [-0.4, -0.2) is 23.7 Å². The molecule has 0 amide bonds. The fourth-order valence-corrected chi connectivity index (χ4v) is 3.36. The van der Waals surface area contributed by atoms with Gasteiger partial charge in [-0.3, -0.25) is 9.59 Å². The molecule has 26 heavy (non-hydrogen) atoms. The lowest BCUT2D eigenvalue weighted by molar-refractivity contribution is -0.131. The smallest absolute Gasteiger partial charge is 0.150 e. The third kappa shape index (κ3) is 8.27. The van der Waals surface area contributed by atoms with Crippen molar-refractivity contribution >= 4 is 11.6 Å². The van der Waals surface area contributed by atoms with Crippen LogP contribution in [0.25, 0.3) is 0 Å². The van der Waals surface area contributed by atoms with Crippen LogP contribution in [0.2, 0.25) is 0 Å². The number of Topliss-reactive ketones (excluding diaryl/α,β-unsaturated/α-hetero) is 2. The molecule has 146 valence electrons. The van der Waals surface area contributed by atoms with Crippen LogP contribution in [0.1, 0.15) is 72.3 Å². The molecule has 0 radical (unpaired) electrons. The van der Waals surface area contributed by atoms with Gasteiger partial charge >= 0.3 is 0 Å². The van der Waals surface area contributed by atoms with Gasteiger partial charge in [0.25, 0.3) is 0 Å². The van der Waals surface area contributed by atoms with Crippen LogP contribution in [-0.2, 0) is 16.0 Å². The van der Waals surface area contributed by atoms with Crippen molar-refractivity contribution in [2.75, 3.05) is 0 Å². The Bertz CT molecular complexity index is 536. The van der Waals surface area contributed by atoms with Crippen LogP contribution in [0.4, 0.5) is 0 Å². The van der Waals surface area contributed by atoms with E-state index >= 15 is 0 Å². The van der Waals surface area contributed by atoms with Gasteiger partial charge in [0.2, 0.25) is 0 Å². The van der Waals surface area contributed by atoms with Crippen LogP contribution in [0.3, 0.4) is 0 Å². The normalized spacial score (nSPS) is 13.8. The number of unbranched alkanes of at least 4 members (excludes halogenated alkanes) is 2. The summed E-state index contributed by atoms with van der Waals surface area (Å²) < 4.78 is 0. The second-order valence-corrected chi connectivity index (χ2v) is 7.98. The summed E-state index contributed by atoms with van der Waals surface area (Å²) in [5, 5.41) is 3.41.